The summed E-state index contributed by atoms with van der Waals surface area (Å²) in [6.07, 6.45) is 3.74. The Morgan fingerprint density at radius 1 is 1.16 bits per heavy atom. The van der Waals surface area contributed by atoms with E-state index in [1.165, 1.54) is 5.56 Å². The summed E-state index contributed by atoms with van der Waals surface area (Å²) in [5.74, 6) is 0.836. The third-order valence-corrected chi connectivity index (χ3v) is 2.88. The number of aryl methyl sites for hydroxylation is 2. The van der Waals surface area contributed by atoms with Gasteiger partial charge in [-0.05, 0) is 45.7 Å². The molecule has 4 heteroatoms. The maximum atomic E-state index is 4.46. The Morgan fingerprint density at radius 3 is 2.53 bits per heavy atom. The van der Waals surface area contributed by atoms with Gasteiger partial charge in [0.2, 0.25) is 0 Å². The van der Waals surface area contributed by atoms with Crippen molar-refractivity contribution in [3.8, 4) is 11.5 Å². The molecule has 102 valence electrons. The Morgan fingerprint density at radius 2 is 1.89 bits per heavy atom. The Kier molecular flexibility index (Phi) is 3.71. The van der Waals surface area contributed by atoms with Gasteiger partial charge in [-0.2, -0.15) is 0 Å². The Hall–Kier alpha value is -1.68. The first kappa shape index (κ1) is 13.7. The van der Waals surface area contributed by atoms with Crippen LogP contribution in [0.5, 0.6) is 0 Å². The molecule has 2 rings (SSSR count). The largest absolute Gasteiger partial charge is 0.339 e. The van der Waals surface area contributed by atoms with Crippen LogP contribution in [0.1, 0.15) is 37.6 Å². The number of nitrogens with one attached hydrogen (secondary N) is 2. The number of nitrogens with zero attached hydrogens (tertiary/aromatic N) is 2. The second-order valence-electron chi connectivity index (χ2n) is 6.04. The van der Waals surface area contributed by atoms with Crippen LogP contribution in [0, 0.1) is 13.8 Å². The number of pyridine rings is 1. The molecule has 0 aliphatic heterocycles. The highest BCUT2D eigenvalue weighted by atomic mass is 15.0. The summed E-state index contributed by atoms with van der Waals surface area (Å²) in [7, 11) is 0. The SMILES string of the molecule is Cc1cnc(-c2ncc(CNC(C)(C)C)[nH]2)c(C)c1. The Bertz CT molecular complexity index is 564. The minimum atomic E-state index is 0.100. The topological polar surface area (TPSA) is 53.6 Å². The summed E-state index contributed by atoms with van der Waals surface area (Å²) in [6.45, 7) is 11.3. The lowest BCUT2D eigenvalue weighted by Crippen LogP contribution is -2.35. The summed E-state index contributed by atoms with van der Waals surface area (Å²) in [5.41, 5.74) is 4.41. The van der Waals surface area contributed by atoms with Gasteiger partial charge in [-0.15, -0.1) is 0 Å². The van der Waals surface area contributed by atoms with Gasteiger partial charge in [0.15, 0.2) is 5.82 Å². The van der Waals surface area contributed by atoms with E-state index in [1.54, 1.807) is 0 Å². The third kappa shape index (κ3) is 3.64. The third-order valence-electron chi connectivity index (χ3n) is 2.88. The number of hydrogen-bond acceptors (Lipinski definition) is 3. The molecule has 2 N–H and O–H groups in total. The van der Waals surface area contributed by atoms with Crippen LogP contribution in [0.2, 0.25) is 0 Å². The van der Waals surface area contributed by atoms with Crippen molar-refractivity contribution in [2.45, 2.75) is 46.7 Å². The molecule has 0 bridgehead atoms. The summed E-state index contributed by atoms with van der Waals surface area (Å²) in [6, 6.07) is 2.12. The normalized spacial score (nSPS) is 11.8. The molecule has 0 fully saturated rings. The van der Waals surface area contributed by atoms with Crippen molar-refractivity contribution in [1.82, 2.24) is 20.3 Å². The monoisotopic (exact) mass is 258 g/mol. The molecule has 0 saturated heterocycles. The van der Waals surface area contributed by atoms with E-state index >= 15 is 0 Å². The molecule has 0 unspecified atom stereocenters. The van der Waals surface area contributed by atoms with Crippen LogP contribution >= 0.6 is 0 Å². The van der Waals surface area contributed by atoms with Crippen LogP contribution in [0.3, 0.4) is 0 Å². The second-order valence-corrected chi connectivity index (χ2v) is 6.04. The predicted molar refractivity (Wildman–Crippen MR) is 77.9 cm³/mol. The van der Waals surface area contributed by atoms with Crippen molar-refractivity contribution in [2.24, 2.45) is 0 Å². The number of H-pyrrole nitrogens is 1. The van der Waals surface area contributed by atoms with Crippen molar-refractivity contribution < 1.29 is 0 Å². The molecule has 0 saturated carbocycles. The zero-order chi connectivity index (χ0) is 14.0. The summed E-state index contributed by atoms with van der Waals surface area (Å²) in [4.78, 5) is 12.2. The molecule has 2 aromatic rings. The zero-order valence-electron chi connectivity index (χ0n) is 12.3. The molecular weight excluding hydrogens is 236 g/mol. The highest BCUT2D eigenvalue weighted by Gasteiger charge is 2.11. The van der Waals surface area contributed by atoms with Crippen LogP contribution < -0.4 is 5.32 Å². The molecule has 0 aromatic carbocycles. The molecule has 0 atom stereocenters. The minimum Gasteiger partial charge on any atom is -0.339 e. The van der Waals surface area contributed by atoms with E-state index in [9.17, 15) is 0 Å². The van der Waals surface area contributed by atoms with Gasteiger partial charge < -0.3 is 10.3 Å². The number of rotatable bonds is 3. The number of aromatic amines is 1. The van der Waals surface area contributed by atoms with Crippen molar-refractivity contribution in [3.63, 3.8) is 0 Å². The van der Waals surface area contributed by atoms with Gasteiger partial charge in [0, 0.05) is 24.0 Å². The van der Waals surface area contributed by atoms with Crippen molar-refractivity contribution in [3.05, 3.63) is 35.3 Å². The molecule has 2 heterocycles. The Balaban J connectivity index is 2.16. The smallest absolute Gasteiger partial charge is 0.156 e. The number of hydrogen-bond donors (Lipinski definition) is 2. The lowest BCUT2D eigenvalue weighted by atomic mass is 10.1. The highest BCUT2D eigenvalue weighted by molar-refractivity contribution is 5.55. The second kappa shape index (κ2) is 5.13. The van der Waals surface area contributed by atoms with E-state index in [4.69, 9.17) is 0 Å². The molecule has 0 spiro atoms. The van der Waals surface area contributed by atoms with Gasteiger partial charge in [0.05, 0.1) is 6.20 Å². The van der Waals surface area contributed by atoms with Gasteiger partial charge >= 0.3 is 0 Å². The first-order valence-electron chi connectivity index (χ1n) is 6.58. The number of imidazole rings is 1. The fourth-order valence-corrected chi connectivity index (χ4v) is 1.89. The van der Waals surface area contributed by atoms with Crippen molar-refractivity contribution >= 4 is 0 Å². The van der Waals surface area contributed by atoms with Gasteiger partial charge in [-0.25, -0.2) is 4.98 Å². The van der Waals surface area contributed by atoms with Gasteiger partial charge in [0.1, 0.15) is 5.69 Å². The lowest BCUT2D eigenvalue weighted by molar-refractivity contribution is 0.422. The van der Waals surface area contributed by atoms with Crippen molar-refractivity contribution in [2.75, 3.05) is 0 Å². The minimum absolute atomic E-state index is 0.100. The van der Waals surface area contributed by atoms with E-state index in [-0.39, 0.29) is 5.54 Å². The van der Waals surface area contributed by atoms with Crippen molar-refractivity contribution in [1.29, 1.82) is 0 Å². The molecule has 0 amide bonds. The Labute approximate surface area is 114 Å². The lowest BCUT2D eigenvalue weighted by Gasteiger charge is -2.19. The average molecular weight is 258 g/mol. The highest BCUT2D eigenvalue weighted by Crippen LogP contribution is 2.18. The number of aromatic nitrogens is 3. The van der Waals surface area contributed by atoms with E-state index in [2.05, 4.69) is 54.0 Å². The van der Waals surface area contributed by atoms with Crippen LogP contribution in [0.4, 0.5) is 0 Å². The fraction of sp³-hybridized carbons (Fsp3) is 0.467. The fourth-order valence-electron chi connectivity index (χ4n) is 1.89. The molecule has 4 nitrogen and oxygen atoms in total. The zero-order valence-corrected chi connectivity index (χ0v) is 12.3. The standard InChI is InChI=1S/C15H22N4/c1-10-6-11(2)13(16-7-10)14-17-8-12(19-14)9-18-15(3,4)5/h6-8,18H,9H2,1-5H3,(H,17,19). The molecular formula is C15H22N4. The molecule has 19 heavy (non-hydrogen) atoms. The van der Waals surface area contributed by atoms with Gasteiger partial charge in [0.25, 0.3) is 0 Å². The van der Waals surface area contributed by atoms with Crippen LogP contribution in [0.25, 0.3) is 11.5 Å². The average Bonchev–Trinajstić information content (AvgIpc) is 2.74. The van der Waals surface area contributed by atoms with Crippen LogP contribution in [0.15, 0.2) is 18.5 Å². The van der Waals surface area contributed by atoms with Gasteiger partial charge in [-0.1, -0.05) is 6.07 Å². The molecule has 0 radical (unpaired) electrons. The maximum Gasteiger partial charge on any atom is 0.156 e. The van der Waals surface area contributed by atoms with E-state index in [0.29, 0.717) is 0 Å². The van der Waals surface area contributed by atoms with E-state index < -0.39 is 0 Å². The van der Waals surface area contributed by atoms with Crippen LogP contribution in [-0.4, -0.2) is 20.5 Å². The first-order chi connectivity index (χ1) is 8.85. The maximum absolute atomic E-state index is 4.46. The summed E-state index contributed by atoms with van der Waals surface area (Å²) in [5, 5.41) is 3.44. The van der Waals surface area contributed by atoms with E-state index in [1.807, 2.05) is 19.3 Å². The summed E-state index contributed by atoms with van der Waals surface area (Å²) >= 11 is 0. The summed E-state index contributed by atoms with van der Waals surface area (Å²) < 4.78 is 0. The van der Waals surface area contributed by atoms with Gasteiger partial charge in [-0.3, -0.25) is 4.98 Å². The molecule has 0 aliphatic carbocycles. The van der Waals surface area contributed by atoms with E-state index in [0.717, 1.165) is 29.3 Å². The first-order valence-corrected chi connectivity index (χ1v) is 6.58. The molecule has 2 aromatic heterocycles. The quantitative estimate of drug-likeness (QED) is 0.890. The molecule has 0 aliphatic rings. The van der Waals surface area contributed by atoms with Crippen LogP contribution in [-0.2, 0) is 6.54 Å². The predicted octanol–water partition coefficient (Wildman–Crippen LogP) is 2.98.